The van der Waals surface area contributed by atoms with Crippen molar-refractivity contribution in [2.45, 2.75) is 19.8 Å². The predicted molar refractivity (Wildman–Crippen MR) is 103 cm³/mol. The summed E-state index contributed by atoms with van der Waals surface area (Å²) in [5, 5.41) is 3.45. The average Bonchev–Trinajstić information content (AvgIpc) is 3.04. The van der Waals surface area contributed by atoms with Crippen LogP contribution in [-0.2, 0) is 9.59 Å². The summed E-state index contributed by atoms with van der Waals surface area (Å²) in [7, 11) is 0. The number of hydrogen-bond acceptors (Lipinski definition) is 3. The summed E-state index contributed by atoms with van der Waals surface area (Å²) >= 11 is 5.85. The lowest BCUT2D eigenvalue weighted by atomic mass is 10.1. The number of halogens is 1. The van der Waals surface area contributed by atoms with Gasteiger partial charge in [-0.3, -0.25) is 9.59 Å². The molecule has 3 rings (SSSR count). The van der Waals surface area contributed by atoms with Gasteiger partial charge in [0.25, 0.3) is 0 Å². The molecule has 136 valence electrons. The van der Waals surface area contributed by atoms with Crippen LogP contribution in [0.2, 0.25) is 5.02 Å². The fourth-order valence-electron chi connectivity index (χ4n) is 2.85. The number of hydrogen-bond donors (Lipinski definition) is 1. The molecule has 0 saturated carbocycles. The second-order valence-electron chi connectivity index (χ2n) is 6.24. The Morgan fingerprint density at radius 2 is 1.88 bits per heavy atom. The van der Waals surface area contributed by atoms with Gasteiger partial charge in [0, 0.05) is 29.4 Å². The number of nitrogens with one attached hydrogen (secondary N) is 1. The number of anilines is 2. The molecule has 1 N–H and O–H groups in total. The lowest BCUT2D eigenvalue weighted by molar-refractivity contribution is -0.122. The number of carbonyl (C=O) groups excluding carboxylic acids is 2. The molecule has 0 aromatic heterocycles. The first-order chi connectivity index (χ1) is 12.6. The third-order valence-corrected chi connectivity index (χ3v) is 4.48. The van der Waals surface area contributed by atoms with Gasteiger partial charge >= 0.3 is 0 Å². The van der Waals surface area contributed by atoms with E-state index in [1.165, 1.54) is 0 Å². The van der Waals surface area contributed by atoms with Crippen LogP contribution in [0.3, 0.4) is 0 Å². The molecule has 2 aromatic carbocycles. The van der Waals surface area contributed by atoms with Crippen molar-refractivity contribution in [2.75, 3.05) is 23.4 Å². The molecule has 1 heterocycles. The molecule has 1 unspecified atom stereocenters. The zero-order valence-corrected chi connectivity index (χ0v) is 15.3. The van der Waals surface area contributed by atoms with Crippen LogP contribution < -0.4 is 15.0 Å². The maximum atomic E-state index is 12.5. The third kappa shape index (κ3) is 4.35. The van der Waals surface area contributed by atoms with Crippen molar-refractivity contribution < 1.29 is 14.3 Å². The van der Waals surface area contributed by atoms with E-state index < -0.39 is 0 Å². The zero-order chi connectivity index (χ0) is 18.5. The highest BCUT2D eigenvalue weighted by molar-refractivity contribution is 6.30. The number of nitrogens with zero attached hydrogens (tertiary/aromatic N) is 1. The number of amides is 2. The molecule has 5 nitrogen and oxygen atoms in total. The Kier molecular flexibility index (Phi) is 5.78. The first-order valence-electron chi connectivity index (χ1n) is 8.66. The minimum absolute atomic E-state index is 0.0523. The molecule has 1 atom stereocenters. The minimum Gasteiger partial charge on any atom is -0.494 e. The molecule has 26 heavy (non-hydrogen) atoms. The zero-order valence-electron chi connectivity index (χ0n) is 14.6. The summed E-state index contributed by atoms with van der Waals surface area (Å²) in [4.78, 5) is 26.4. The Morgan fingerprint density at radius 1 is 1.19 bits per heavy atom. The lowest BCUT2D eigenvalue weighted by Gasteiger charge is -2.17. The van der Waals surface area contributed by atoms with Crippen LogP contribution in [0.25, 0.3) is 0 Å². The van der Waals surface area contributed by atoms with E-state index in [-0.39, 0.29) is 24.2 Å². The monoisotopic (exact) mass is 372 g/mol. The van der Waals surface area contributed by atoms with E-state index in [1.807, 2.05) is 31.2 Å². The highest BCUT2D eigenvalue weighted by atomic mass is 35.5. The summed E-state index contributed by atoms with van der Waals surface area (Å²) in [6.45, 7) is 3.08. The van der Waals surface area contributed by atoms with Crippen LogP contribution in [0.5, 0.6) is 5.75 Å². The molecule has 2 amide bonds. The van der Waals surface area contributed by atoms with Crippen LogP contribution in [0.4, 0.5) is 11.4 Å². The highest BCUT2D eigenvalue weighted by Crippen LogP contribution is 2.28. The Bertz CT molecular complexity index is 775. The van der Waals surface area contributed by atoms with Crippen LogP contribution >= 0.6 is 11.6 Å². The summed E-state index contributed by atoms with van der Waals surface area (Å²) in [5.74, 6) is 0.183. The van der Waals surface area contributed by atoms with Crippen LogP contribution in [0.1, 0.15) is 19.8 Å². The molecule has 2 aromatic rings. The van der Waals surface area contributed by atoms with Gasteiger partial charge in [-0.2, -0.15) is 0 Å². The second-order valence-corrected chi connectivity index (χ2v) is 6.68. The molecule has 1 aliphatic rings. The number of rotatable bonds is 6. The van der Waals surface area contributed by atoms with E-state index in [9.17, 15) is 9.59 Å². The van der Waals surface area contributed by atoms with E-state index in [1.54, 1.807) is 29.2 Å². The Morgan fingerprint density at radius 3 is 2.54 bits per heavy atom. The number of carbonyl (C=O) groups is 2. The van der Waals surface area contributed by atoms with Gasteiger partial charge in [-0.25, -0.2) is 0 Å². The quantitative estimate of drug-likeness (QED) is 0.829. The largest absolute Gasteiger partial charge is 0.494 e. The van der Waals surface area contributed by atoms with Crippen molar-refractivity contribution in [3.8, 4) is 5.75 Å². The highest BCUT2D eigenvalue weighted by Gasteiger charge is 2.35. The molecule has 6 heteroatoms. The summed E-state index contributed by atoms with van der Waals surface area (Å²) in [6.07, 6.45) is 1.14. The fourth-order valence-corrected chi connectivity index (χ4v) is 2.98. The summed E-state index contributed by atoms with van der Waals surface area (Å²) in [5.41, 5.74) is 1.45. The van der Waals surface area contributed by atoms with Gasteiger partial charge in [0.2, 0.25) is 11.8 Å². The lowest BCUT2D eigenvalue weighted by Crippen LogP contribution is -2.28. The standard InChI is InChI=1S/C20H21ClN2O3/c1-2-11-26-18-9-7-17(8-10-18)23-13-14(12-19(23)24)20(25)22-16-5-3-15(21)4-6-16/h3-10,14H,2,11-13H2,1H3,(H,22,25). The molecular weight excluding hydrogens is 352 g/mol. The first kappa shape index (κ1) is 18.3. The Labute approximate surface area is 157 Å². The first-order valence-corrected chi connectivity index (χ1v) is 9.04. The molecule has 1 aliphatic heterocycles. The van der Waals surface area contributed by atoms with Gasteiger partial charge in [0.05, 0.1) is 12.5 Å². The maximum Gasteiger partial charge on any atom is 0.229 e. The van der Waals surface area contributed by atoms with Crippen molar-refractivity contribution in [1.82, 2.24) is 0 Å². The number of benzene rings is 2. The normalized spacial score (nSPS) is 16.6. The van der Waals surface area contributed by atoms with Crippen molar-refractivity contribution in [2.24, 2.45) is 5.92 Å². The molecule has 0 spiro atoms. The van der Waals surface area contributed by atoms with Crippen LogP contribution in [0.15, 0.2) is 48.5 Å². The maximum absolute atomic E-state index is 12.5. The average molecular weight is 373 g/mol. The summed E-state index contributed by atoms with van der Waals surface area (Å²) < 4.78 is 5.56. The number of ether oxygens (including phenoxy) is 1. The molecule has 1 saturated heterocycles. The predicted octanol–water partition coefficient (Wildman–Crippen LogP) is 4.12. The molecule has 0 radical (unpaired) electrons. The Balaban J connectivity index is 1.62. The molecule has 1 fully saturated rings. The van der Waals surface area contributed by atoms with Crippen molar-refractivity contribution in [3.05, 3.63) is 53.6 Å². The van der Waals surface area contributed by atoms with Gasteiger partial charge in [-0.1, -0.05) is 18.5 Å². The van der Waals surface area contributed by atoms with E-state index in [4.69, 9.17) is 16.3 Å². The van der Waals surface area contributed by atoms with Crippen LogP contribution in [-0.4, -0.2) is 25.0 Å². The Hall–Kier alpha value is -2.53. The van der Waals surface area contributed by atoms with E-state index in [0.29, 0.717) is 23.9 Å². The molecular formula is C20H21ClN2O3. The fraction of sp³-hybridized carbons (Fsp3) is 0.300. The topological polar surface area (TPSA) is 58.6 Å². The summed E-state index contributed by atoms with van der Waals surface area (Å²) in [6, 6.07) is 14.3. The SMILES string of the molecule is CCCOc1ccc(N2CC(C(=O)Nc3ccc(Cl)cc3)CC2=O)cc1. The van der Waals surface area contributed by atoms with Gasteiger partial charge in [0.1, 0.15) is 5.75 Å². The van der Waals surface area contributed by atoms with E-state index in [0.717, 1.165) is 17.9 Å². The van der Waals surface area contributed by atoms with Crippen molar-refractivity contribution in [1.29, 1.82) is 0 Å². The third-order valence-electron chi connectivity index (χ3n) is 4.23. The van der Waals surface area contributed by atoms with Gasteiger partial charge in [-0.05, 0) is 55.0 Å². The van der Waals surface area contributed by atoms with E-state index in [2.05, 4.69) is 5.32 Å². The van der Waals surface area contributed by atoms with Crippen molar-refractivity contribution >= 4 is 34.8 Å². The second kappa shape index (κ2) is 8.23. The molecule has 0 aliphatic carbocycles. The van der Waals surface area contributed by atoms with E-state index >= 15 is 0 Å². The minimum atomic E-state index is -0.380. The van der Waals surface area contributed by atoms with Crippen molar-refractivity contribution in [3.63, 3.8) is 0 Å². The van der Waals surface area contributed by atoms with Gasteiger partial charge < -0.3 is 15.0 Å². The smallest absolute Gasteiger partial charge is 0.229 e. The van der Waals surface area contributed by atoms with Gasteiger partial charge in [0.15, 0.2) is 0 Å². The molecule has 0 bridgehead atoms. The van der Waals surface area contributed by atoms with Crippen LogP contribution in [0, 0.1) is 5.92 Å². The van der Waals surface area contributed by atoms with Gasteiger partial charge in [-0.15, -0.1) is 0 Å².